The van der Waals surface area contributed by atoms with E-state index in [1.807, 2.05) is 0 Å². The number of carboxylic acids is 1. The van der Waals surface area contributed by atoms with Crippen molar-refractivity contribution in [3.05, 3.63) is 12.2 Å². The van der Waals surface area contributed by atoms with Crippen LogP contribution in [-0.2, 0) is 14.3 Å². The van der Waals surface area contributed by atoms with Crippen molar-refractivity contribution >= 4 is 11.9 Å². The van der Waals surface area contributed by atoms with E-state index in [4.69, 9.17) is 9.84 Å². The summed E-state index contributed by atoms with van der Waals surface area (Å²) in [7, 11) is 0. The third kappa shape index (κ3) is 37.1. The van der Waals surface area contributed by atoms with E-state index in [0.29, 0.717) is 12.8 Å². The SMILES string of the molecule is CCCCCCCC/C=C\CCCCCCCC(=O)OC(CCCCCCCCCC)CCCCCCCCCCCCC(=O)O. The standard InChI is InChI=1S/C42H80O4/c1-3-5-7-9-11-13-14-15-16-17-18-23-27-31-35-39-42(45)46-40(36-32-28-24-12-10-8-6-4-2)37-33-29-25-21-19-20-22-26-30-34-38-41(43)44/h15-16,40H,3-14,17-39H2,1-2H3,(H,43,44)/b16-15-. The highest BCUT2D eigenvalue weighted by Gasteiger charge is 2.14. The predicted molar refractivity (Wildman–Crippen MR) is 200 cm³/mol. The van der Waals surface area contributed by atoms with Gasteiger partial charge in [-0.3, -0.25) is 9.59 Å². The summed E-state index contributed by atoms with van der Waals surface area (Å²) in [5.74, 6) is -0.640. The van der Waals surface area contributed by atoms with Gasteiger partial charge in [-0.2, -0.15) is 0 Å². The zero-order valence-electron chi connectivity index (χ0n) is 31.2. The maximum Gasteiger partial charge on any atom is 0.306 e. The molecular weight excluding hydrogens is 568 g/mol. The summed E-state index contributed by atoms with van der Waals surface area (Å²) in [5.41, 5.74) is 0. The molecule has 0 amide bonds. The van der Waals surface area contributed by atoms with Gasteiger partial charge in [-0.25, -0.2) is 0 Å². The monoisotopic (exact) mass is 649 g/mol. The molecule has 0 aromatic carbocycles. The lowest BCUT2D eigenvalue weighted by Crippen LogP contribution is -2.18. The number of esters is 1. The first kappa shape index (κ1) is 44.7. The second kappa shape index (κ2) is 38.1. The van der Waals surface area contributed by atoms with E-state index in [9.17, 15) is 9.59 Å². The molecule has 0 aromatic rings. The number of carboxylic acid groups (broad SMARTS) is 1. The highest BCUT2D eigenvalue weighted by atomic mass is 16.5. The number of allylic oxidation sites excluding steroid dienone is 2. The Labute approximate surface area is 287 Å². The number of rotatable bonds is 38. The number of unbranched alkanes of at least 4 members (excludes halogenated alkanes) is 27. The van der Waals surface area contributed by atoms with Gasteiger partial charge in [-0.1, -0.05) is 174 Å². The first-order valence-corrected chi connectivity index (χ1v) is 20.7. The third-order valence-electron chi connectivity index (χ3n) is 9.49. The van der Waals surface area contributed by atoms with Crippen LogP contribution in [0.1, 0.15) is 239 Å². The third-order valence-corrected chi connectivity index (χ3v) is 9.49. The fraction of sp³-hybridized carbons (Fsp3) is 0.905. The molecule has 1 unspecified atom stereocenters. The second-order valence-corrected chi connectivity index (χ2v) is 14.2. The maximum absolute atomic E-state index is 12.7. The van der Waals surface area contributed by atoms with Crippen LogP contribution in [0.2, 0.25) is 0 Å². The topological polar surface area (TPSA) is 63.6 Å². The fourth-order valence-electron chi connectivity index (χ4n) is 6.42. The first-order chi connectivity index (χ1) is 22.6. The molecule has 46 heavy (non-hydrogen) atoms. The van der Waals surface area contributed by atoms with E-state index in [2.05, 4.69) is 26.0 Å². The van der Waals surface area contributed by atoms with E-state index in [0.717, 1.165) is 51.4 Å². The van der Waals surface area contributed by atoms with Crippen molar-refractivity contribution in [3.63, 3.8) is 0 Å². The van der Waals surface area contributed by atoms with Gasteiger partial charge in [0.1, 0.15) is 6.10 Å². The Morgan fingerprint density at radius 1 is 0.457 bits per heavy atom. The smallest absolute Gasteiger partial charge is 0.306 e. The average Bonchev–Trinajstić information content (AvgIpc) is 3.04. The van der Waals surface area contributed by atoms with E-state index < -0.39 is 5.97 Å². The van der Waals surface area contributed by atoms with Gasteiger partial charge in [-0.05, 0) is 64.2 Å². The van der Waals surface area contributed by atoms with Crippen molar-refractivity contribution in [3.8, 4) is 0 Å². The molecule has 272 valence electrons. The highest BCUT2D eigenvalue weighted by molar-refractivity contribution is 5.69. The van der Waals surface area contributed by atoms with Gasteiger partial charge in [0, 0.05) is 12.8 Å². The predicted octanol–water partition coefficient (Wildman–Crippen LogP) is 14.2. The summed E-state index contributed by atoms with van der Waals surface area (Å²) in [5, 5.41) is 8.72. The van der Waals surface area contributed by atoms with Gasteiger partial charge in [0.25, 0.3) is 0 Å². The molecule has 0 aromatic heterocycles. The Bertz CT molecular complexity index is 658. The van der Waals surface area contributed by atoms with Crippen LogP contribution in [0, 0.1) is 0 Å². The Morgan fingerprint density at radius 3 is 1.17 bits per heavy atom. The van der Waals surface area contributed by atoms with Gasteiger partial charge in [-0.15, -0.1) is 0 Å². The van der Waals surface area contributed by atoms with Crippen LogP contribution in [0.25, 0.3) is 0 Å². The molecule has 4 nitrogen and oxygen atoms in total. The van der Waals surface area contributed by atoms with Crippen LogP contribution in [0.15, 0.2) is 12.2 Å². The van der Waals surface area contributed by atoms with Crippen LogP contribution in [-0.4, -0.2) is 23.1 Å². The summed E-state index contributed by atoms with van der Waals surface area (Å²) in [6.07, 6.45) is 46.7. The zero-order valence-corrected chi connectivity index (χ0v) is 31.2. The van der Waals surface area contributed by atoms with Gasteiger partial charge in [0.15, 0.2) is 0 Å². The van der Waals surface area contributed by atoms with Crippen LogP contribution in [0.5, 0.6) is 0 Å². The average molecular weight is 649 g/mol. The van der Waals surface area contributed by atoms with Crippen LogP contribution >= 0.6 is 0 Å². The summed E-state index contributed by atoms with van der Waals surface area (Å²) in [6.45, 7) is 4.55. The molecule has 1 atom stereocenters. The number of hydrogen-bond acceptors (Lipinski definition) is 3. The number of hydrogen-bond donors (Lipinski definition) is 1. The molecule has 0 aliphatic heterocycles. The number of carbonyl (C=O) groups is 2. The van der Waals surface area contributed by atoms with Crippen molar-refractivity contribution in [2.75, 3.05) is 0 Å². The first-order valence-electron chi connectivity index (χ1n) is 20.7. The Morgan fingerprint density at radius 2 is 0.783 bits per heavy atom. The van der Waals surface area contributed by atoms with E-state index in [-0.39, 0.29) is 12.1 Å². The normalized spacial score (nSPS) is 12.2. The molecular formula is C42H80O4. The highest BCUT2D eigenvalue weighted by Crippen LogP contribution is 2.19. The molecule has 0 rings (SSSR count). The summed E-state index contributed by atoms with van der Waals surface area (Å²) in [4.78, 5) is 23.3. The minimum absolute atomic E-state index is 0.0329. The van der Waals surface area contributed by atoms with Crippen LogP contribution in [0.4, 0.5) is 0 Å². The number of aliphatic carboxylic acids is 1. The number of carbonyl (C=O) groups excluding carboxylic acids is 1. The summed E-state index contributed by atoms with van der Waals surface area (Å²) >= 11 is 0. The lowest BCUT2D eigenvalue weighted by molar-refractivity contribution is -0.150. The van der Waals surface area contributed by atoms with Gasteiger partial charge < -0.3 is 9.84 Å². The zero-order chi connectivity index (χ0) is 33.6. The number of ether oxygens (including phenoxy) is 1. The van der Waals surface area contributed by atoms with Crippen molar-refractivity contribution in [2.24, 2.45) is 0 Å². The molecule has 1 N–H and O–H groups in total. The Hall–Kier alpha value is -1.32. The maximum atomic E-state index is 12.7. The van der Waals surface area contributed by atoms with Gasteiger partial charge >= 0.3 is 11.9 Å². The van der Waals surface area contributed by atoms with Crippen molar-refractivity contribution in [2.45, 2.75) is 245 Å². The van der Waals surface area contributed by atoms with Gasteiger partial charge in [0.2, 0.25) is 0 Å². The van der Waals surface area contributed by atoms with E-state index >= 15 is 0 Å². The lowest BCUT2D eigenvalue weighted by atomic mass is 10.0. The largest absolute Gasteiger partial charge is 0.481 e. The summed E-state index contributed by atoms with van der Waals surface area (Å²) < 4.78 is 6.05. The van der Waals surface area contributed by atoms with Gasteiger partial charge in [0.05, 0.1) is 0 Å². The molecule has 0 aliphatic rings. The van der Waals surface area contributed by atoms with E-state index in [1.54, 1.807) is 0 Å². The fourth-order valence-corrected chi connectivity index (χ4v) is 6.42. The molecule has 0 aliphatic carbocycles. The summed E-state index contributed by atoms with van der Waals surface area (Å²) in [6, 6.07) is 0. The molecule has 0 fully saturated rings. The van der Waals surface area contributed by atoms with E-state index in [1.165, 1.54) is 161 Å². The Kier molecular flexibility index (Phi) is 37.0. The molecule has 0 bridgehead atoms. The Balaban J connectivity index is 4.01. The molecule has 4 heteroatoms. The van der Waals surface area contributed by atoms with Crippen molar-refractivity contribution in [1.29, 1.82) is 0 Å². The molecule has 0 heterocycles. The van der Waals surface area contributed by atoms with Crippen LogP contribution < -0.4 is 0 Å². The molecule has 0 saturated heterocycles. The lowest BCUT2D eigenvalue weighted by Gasteiger charge is -2.18. The minimum Gasteiger partial charge on any atom is -0.481 e. The quantitative estimate of drug-likeness (QED) is 0.0411. The van der Waals surface area contributed by atoms with Crippen LogP contribution in [0.3, 0.4) is 0 Å². The van der Waals surface area contributed by atoms with Crippen molar-refractivity contribution in [1.82, 2.24) is 0 Å². The molecule has 0 spiro atoms. The molecule has 0 saturated carbocycles. The molecule has 0 radical (unpaired) electrons. The van der Waals surface area contributed by atoms with Crippen molar-refractivity contribution < 1.29 is 19.4 Å². The minimum atomic E-state index is -0.673. The second-order valence-electron chi connectivity index (χ2n) is 14.2.